The fraction of sp³-hybridized carbons (Fsp3) is 0.158. The number of benzene rings is 2. The predicted octanol–water partition coefficient (Wildman–Crippen LogP) is 2.79. The summed E-state index contributed by atoms with van der Waals surface area (Å²) < 4.78 is 28.5. The third kappa shape index (κ3) is 4.34. The molecule has 1 heterocycles. The van der Waals surface area contributed by atoms with Crippen LogP contribution < -0.4 is 15.2 Å². The Morgan fingerprint density at radius 2 is 1.93 bits per heavy atom. The lowest BCUT2D eigenvalue weighted by Gasteiger charge is -2.13. The Kier molecular flexibility index (Phi) is 4.99. The molecule has 3 N–H and O–H groups in total. The van der Waals surface area contributed by atoms with Gasteiger partial charge in [0.25, 0.3) is 0 Å². The highest BCUT2D eigenvalue weighted by atomic mass is 32.2. The van der Waals surface area contributed by atoms with E-state index < -0.39 is 10.0 Å². The minimum atomic E-state index is -3.74. The van der Waals surface area contributed by atoms with Crippen molar-refractivity contribution >= 4 is 32.6 Å². The number of primary sulfonamides is 1. The van der Waals surface area contributed by atoms with Crippen LogP contribution in [0, 0.1) is 12.3 Å². The molecular weight excluding hydrogens is 364 g/mol. The molecule has 0 radical (unpaired) electrons. The number of ether oxygens (including phenoxy) is 1. The van der Waals surface area contributed by atoms with Gasteiger partial charge in [-0.3, -0.25) is 0 Å². The van der Waals surface area contributed by atoms with Crippen LogP contribution in [0.4, 0.5) is 11.6 Å². The number of nitrogens with one attached hydrogen (secondary N) is 1. The Morgan fingerprint density at radius 3 is 2.52 bits per heavy atom. The number of hydrogen-bond acceptors (Lipinski definition) is 6. The zero-order valence-corrected chi connectivity index (χ0v) is 15.6. The van der Waals surface area contributed by atoms with Gasteiger partial charge in [0, 0.05) is 22.8 Å². The molecule has 27 heavy (non-hydrogen) atoms. The number of anilines is 2. The van der Waals surface area contributed by atoms with E-state index in [-0.39, 0.29) is 11.0 Å². The number of nitrogens with zero attached hydrogens (tertiary/aromatic N) is 2. The minimum Gasteiger partial charge on any atom is -0.489 e. The summed E-state index contributed by atoms with van der Waals surface area (Å²) in [7, 11) is -3.74. The third-order valence-corrected chi connectivity index (χ3v) is 4.55. The van der Waals surface area contributed by atoms with Gasteiger partial charge in [0.1, 0.15) is 11.3 Å². The second-order valence-electron chi connectivity index (χ2n) is 6.11. The Hall–Kier alpha value is -3.15. The maximum Gasteiger partial charge on any atom is 0.238 e. The van der Waals surface area contributed by atoms with Gasteiger partial charge in [-0.15, -0.1) is 6.42 Å². The molecule has 0 bridgehead atoms. The van der Waals surface area contributed by atoms with E-state index in [1.54, 1.807) is 24.4 Å². The van der Waals surface area contributed by atoms with Crippen molar-refractivity contribution in [3.8, 4) is 18.1 Å². The van der Waals surface area contributed by atoms with Gasteiger partial charge >= 0.3 is 0 Å². The Bertz CT molecular complexity index is 1130. The standard InChI is InChI=1S/C19H18N4O3S/c1-4-13-9-14-11-21-19(23-18(14)17(10-13)26-12(2)3)22-15-5-7-16(8-6-15)27(20,24)25/h1,5-12H,2-3H3,(H2,20,24,25)(H,21,22,23). The molecule has 2 aromatic carbocycles. The number of rotatable bonds is 5. The first-order valence-corrected chi connectivity index (χ1v) is 9.65. The van der Waals surface area contributed by atoms with Crippen molar-refractivity contribution in [1.82, 2.24) is 9.97 Å². The lowest BCUT2D eigenvalue weighted by molar-refractivity contribution is 0.245. The minimum absolute atomic E-state index is 0.0295. The normalized spacial score (nSPS) is 11.4. The molecule has 1 aromatic heterocycles. The lowest BCUT2D eigenvalue weighted by atomic mass is 10.1. The molecule has 0 saturated carbocycles. The van der Waals surface area contributed by atoms with Crippen LogP contribution in [-0.2, 0) is 10.0 Å². The zero-order chi connectivity index (χ0) is 19.6. The van der Waals surface area contributed by atoms with Crippen LogP contribution >= 0.6 is 0 Å². The monoisotopic (exact) mass is 382 g/mol. The van der Waals surface area contributed by atoms with Crippen molar-refractivity contribution in [2.75, 3.05) is 5.32 Å². The first kappa shape index (κ1) is 18.6. The van der Waals surface area contributed by atoms with Crippen LogP contribution in [0.15, 0.2) is 47.5 Å². The number of hydrogen-bond donors (Lipinski definition) is 2. The molecule has 0 aliphatic heterocycles. The summed E-state index contributed by atoms with van der Waals surface area (Å²) in [4.78, 5) is 8.82. The van der Waals surface area contributed by atoms with Crippen molar-refractivity contribution in [3.05, 3.63) is 48.2 Å². The largest absolute Gasteiger partial charge is 0.489 e. The number of terminal acetylenes is 1. The van der Waals surface area contributed by atoms with Gasteiger partial charge in [-0.1, -0.05) is 5.92 Å². The van der Waals surface area contributed by atoms with E-state index in [1.165, 1.54) is 12.1 Å². The fourth-order valence-corrected chi connectivity index (χ4v) is 2.97. The van der Waals surface area contributed by atoms with E-state index >= 15 is 0 Å². The van der Waals surface area contributed by atoms with Gasteiger partial charge in [-0.05, 0) is 50.2 Å². The molecule has 3 rings (SSSR count). The van der Waals surface area contributed by atoms with Crippen molar-refractivity contribution in [3.63, 3.8) is 0 Å². The van der Waals surface area contributed by atoms with Gasteiger partial charge in [-0.2, -0.15) is 0 Å². The van der Waals surface area contributed by atoms with Gasteiger partial charge in [0.05, 0.1) is 11.0 Å². The van der Waals surface area contributed by atoms with Crippen molar-refractivity contribution in [2.24, 2.45) is 5.14 Å². The third-order valence-electron chi connectivity index (χ3n) is 3.62. The molecule has 0 aliphatic carbocycles. The van der Waals surface area contributed by atoms with Gasteiger partial charge in [0.2, 0.25) is 16.0 Å². The van der Waals surface area contributed by atoms with Crippen LogP contribution in [0.1, 0.15) is 19.4 Å². The summed E-state index contributed by atoms with van der Waals surface area (Å²) in [5.41, 5.74) is 1.93. The Labute approximate surface area is 157 Å². The smallest absolute Gasteiger partial charge is 0.238 e. The summed E-state index contributed by atoms with van der Waals surface area (Å²) in [6.07, 6.45) is 7.11. The molecule has 8 heteroatoms. The van der Waals surface area contributed by atoms with Crippen molar-refractivity contribution in [2.45, 2.75) is 24.8 Å². The molecule has 7 nitrogen and oxygen atoms in total. The topological polar surface area (TPSA) is 107 Å². The number of aromatic nitrogens is 2. The fourth-order valence-electron chi connectivity index (χ4n) is 2.46. The molecule has 3 aromatic rings. The molecule has 0 atom stereocenters. The summed E-state index contributed by atoms with van der Waals surface area (Å²) in [5.74, 6) is 3.51. The summed E-state index contributed by atoms with van der Waals surface area (Å²) in [6, 6.07) is 9.56. The maximum absolute atomic E-state index is 11.3. The summed E-state index contributed by atoms with van der Waals surface area (Å²) in [5, 5.41) is 8.89. The van der Waals surface area contributed by atoms with Gasteiger partial charge in [-0.25, -0.2) is 23.5 Å². The molecule has 0 spiro atoms. The highest BCUT2D eigenvalue weighted by Crippen LogP contribution is 2.28. The van der Waals surface area contributed by atoms with E-state index in [9.17, 15) is 8.42 Å². The maximum atomic E-state index is 11.3. The second kappa shape index (κ2) is 7.23. The van der Waals surface area contributed by atoms with Crippen LogP contribution in [0.2, 0.25) is 0 Å². The average molecular weight is 382 g/mol. The second-order valence-corrected chi connectivity index (χ2v) is 7.67. The van der Waals surface area contributed by atoms with E-state index in [0.29, 0.717) is 28.5 Å². The van der Waals surface area contributed by atoms with Crippen LogP contribution in [0.25, 0.3) is 10.9 Å². The summed E-state index contributed by atoms with van der Waals surface area (Å²) in [6.45, 7) is 3.84. The van der Waals surface area contributed by atoms with Crippen LogP contribution in [-0.4, -0.2) is 24.5 Å². The first-order valence-electron chi connectivity index (χ1n) is 8.10. The average Bonchev–Trinajstić information content (AvgIpc) is 2.61. The summed E-state index contributed by atoms with van der Waals surface area (Å²) >= 11 is 0. The molecule has 138 valence electrons. The van der Waals surface area contributed by atoms with Crippen LogP contribution in [0.3, 0.4) is 0 Å². The molecule has 0 saturated heterocycles. The lowest BCUT2D eigenvalue weighted by Crippen LogP contribution is -2.11. The first-order chi connectivity index (χ1) is 12.8. The zero-order valence-electron chi connectivity index (χ0n) is 14.8. The van der Waals surface area contributed by atoms with E-state index in [0.717, 1.165) is 5.39 Å². The molecular formula is C19H18N4O3S. The number of sulfonamides is 1. The van der Waals surface area contributed by atoms with Gasteiger partial charge < -0.3 is 10.1 Å². The van der Waals surface area contributed by atoms with E-state index in [1.807, 2.05) is 19.9 Å². The Morgan fingerprint density at radius 1 is 1.22 bits per heavy atom. The SMILES string of the molecule is C#Cc1cc(OC(C)C)c2nc(Nc3ccc(S(N)(=O)=O)cc3)ncc2c1. The quantitative estimate of drug-likeness (QED) is 0.657. The molecule has 0 amide bonds. The van der Waals surface area contributed by atoms with E-state index in [4.69, 9.17) is 16.3 Å². The highest BCUT2D eigenvalue weighted by molar-refractivity contribution is 7.89. The highest BCUT2D eigenvalue weighted by Gasteiger charge is 2.11. The molecule has 0 unspecified atom stereocenters. The predicted molar refractivity (Wildman–Crippen MR) is 104 cm³/mol. The molecule has 0 aliphatic rings. The Balaban J connectivity index is 1.97. The number of fused-ring (bicyclic) bond motifs is 1. The number of nitrogens with two attached hydrogens (primary N) is 1. The van der Waals surface area contributed by atoms with Crippen LogP contribution in [0.5, 0.6) is 5.75 Å². The van der Waals surface area contributed by atoms with Gasteiger partial charge in [0.15, 0.2) is 0 Å². The van der Waals surface area contributed by atoms with Crippen molar-refractivity contribution < 1.29 is 13.2 Å². The molecule has 0 fully saturated rings. The van der Waals surface area contributed by atoms with E-state index in [2.05, 4.69) is 21.2 Å². The van der Waals surface area contributed by atoms with Crippen molar-refractivity contribution in [1.29, 1.82) is 0 Å².